The minimum Gasteiger partial charge on any atom is -0.365 e. The van der Waals surface area contributed by atoms with Gasteiger partial charge >= 0.3 is 0 Å². The maximum Gasteiger partial charge on any atom is 0.273 e. The summed E-state index contributed by atoms with van der Waals surface area (Å²) in [4.78, 5) is 25.8. The summed E-state index contributed by atoms with van der Waals surface area (Å²) >= 11 is 0.944. The van der Waals surface area contributed by atoms with E-state index in [9.17, 15) is 23.3 Å². The average Bonchev–Trinajstić information content (AvgIpc) is 3.34. The highest BCUT2D eigenvalue weighted by atomic mass is 32.2. The molecule has 0 aliphatic rings. The number of hydrogen-bond donors (Lipinski definition) is 1. The van der Waals surface area contributed by atoms with E-state index in [-0.39, 0.29) is 19.8 Å². The largest absolute Gasteiger partial charge is 0.365 e. The minimum atomic E-state index is -3.81. The molecule has 200 valence electrons. The molecule has 0 fully saturated rings. The van der Waals surface area contributed by atoms with Crippen molar-refractivity contribution >= 4 is 38.9 Å². The van der Waals surface area contributed by atoms with Gasteiger partial charge in [0.1, 0.15) is 10.7 Å². The summed E-state index contributed by atoms with van der Waals surface area (Å²) in [7, 11) is -1.00. The lowest BCUT2D eigenvalue weighted by Gasteiger charge is -2.12. The van der Waals surface area contributed by atoms with Crippen LogP contribution in [0.2, 0.25) is 0 Å². The first-order valence-electron chi connectivity index (χ1n) is 11.8. The van der Waals surface area contributed by atoms with Crippen LogP contribution in [-0.2, 0) is 14.8 Å². The number of carbonyl (C=O) groups is 1. The molecular weight excluding hydrogens is 534 g/mol. The number of hydrogen-bond acceptors (Lipinski definition) is 6. The van der Waals surface area contributed by atoms with E-state index in [0.29, 0.717) is 0 Å². The molecule has 0 spiro atoms. The third-order valence-electron chi connectivity index (χ3n) is 6.27. The van der Waals surface area contributed by atoms with E-state index in [1.165, 1.54) is 38.4 Å². The predicted molar refractivity (Wildman–Crippen MR) is 152 cm³/mol. The SMILES string of the molecule is Cc1cccc(-n2c(C)cc(C=c3sc(=C(C#N)C(N)=O)n(-c4cccc(S(=O)(=O)N(C)C)c4)c3=O)c2C)c1. The minimum absolute atomic E-state index is 0.0214. The van der Waals surface area contributed by atoms with Gasteiger partial charge in [0.15, 0.2) is 5.57 Å². The number of nitrogens with two attached hydrogens (primary N) is 1. The molecule has 4 aromatic rings. The monoisotopic (exact) mass is 561 g/mol. The zero-order valence-electron chi connectivity index (χ0n) is 22.1. The number of sulfonamides is 1. The Hall–Kier alpha value is -4.24. The van der Waals surface area contributed by atoms with Gasteiger partial charge in [0.2, 0.25) is 10.0 Å². The smallest absolute Gasteiger partial charge is 0.273 e. The molecule has 0 aliphatic heterocycles. The fourth-order valence-electron chi connectivity index (χ4n) is 4.33. The van der Waals surface area contributed by atoms with Crippen LogP contribution in [0.5, 0.6) is 0 Å². The molecule has 2 aromatic heterocycles. The molecule has 0 radical (unpaired) electrons. The lowest BCUT2D eigenvalue weighted by Crippen LogP contribution is -2.32. The van der Waals surface area contributed by atoms with Crippen molar-refractivity contribution in [1.29, 1.82) is 5.26 Å². The molecule has 9 nitrogen and oxygen atoms in total. The van der Waals surface area contributed by atoms with E-state index in [4.69, 9.17) is 5.73 Å². The highest BCUT2D eigenvalue weighted by Crippen LogP contribution is 2.22. The van der Waals surface area contributed by atoms with Gasteiger partial charge < -0.3 is 10.3 Å². The van der Waals surface area contributed by atoms with Crippen molar-refractivity contribution in [3.8, 4) is 17.4 Å². The Balaban J connectivity index is 2.03. The van der Waals surface area contributed by atoms with Gasteiger partial charge in [-0.15, -0.1) is 11.3 Å². The Morgan fingerprint density at radius 2 is 1.67 bits per heavy atom. The molecule has 2 N–H and O–H groups in total. The van der Waals surface area contributed by atoms with Crippen LogP contribution in [0.4, 0.5) is 0 Å². The third-order valence-corrected chi connectivity index (χ3v) is 9.17. The maximum absolute atomic E-state index is 13.8. The molecule has 0 unspecified atom stereocenters. The van der Waals surface area contributed by atoms with Crippen LogP contribution in [-0.4, -0.2) is 41.9 Å². The normalized spacial score (nSPS) is 13.0. The van der Waals surface area contributed by atoms with Crippen LogP contribution >= 0.6 is 11.3 Å². The number of carbonyl (C=O) groups excluding carboxylic acids is 1. The van der Waals surface area contributed by atoms with Crippen LogP contribution in [0.1, 0.15) is 22.5 Å². The standard InChI is InChI=1S/C28H27N5O4S2/c1-17-8-6-9-21(12-17)32-18(2)13-20(19(32)3)14-25-27(35)33(28(38-25)24(16-29)26(30)34)22-10-7-11-23(15-22)39(36,37)31(4)5/h6-15H,1-5H3,(H2,30,34). The van der Waals surface area contributed by atoms with Crippen LogP contribution in [0.15, 0.2) is 64.3 Å². The maximum atomic E-state index is 13.8. The molecule has 39 heavy (non-hydrogen) atoms. The second-order valence-electron chi connectivity index (χ2n) is 9.19. The summed E-state index contributed by atoms with van der Waals surface area (Å²) in [5.74, 6) is -0.992. The van der Waals surface area contributed by atoms with Gasteiger partial charge in [-0.05, 0) is 74.4 Å². The van der Waals surface area contributed by atoms with Crippen LogP contribution in [0, 0.1) is 32.1 Å². The number of benzene rings is 2. The Morgan fingerprint density at radius 1 is 1.03 bits per heavy atom. The Morgan fingerprint density at radius 3 is 2.26 bits per heavy atom. The first-order chi connectivity index (χ1) is 18.4. The average molecular weight is 562 g/mol. The van der Waals surface area contributed by atoms with Crippen LogP contribution < -0.4 is 20.5 Å². The summed E-state index contributed by atoms with van der Waals surface area (Å²) in [6, 6.07) is 17.6. The number of rotatable bonds is 6. The topological polar surface area (TPSA) is 131 Å². The van der Waals surface area contributed by atoms with E-state index >= 15 is 0 Å². The van der Waals surface area contributed by atoms with Gasteiger partial charge in [-0.25, -0.2) is 12.7 Å². The van der Waals surface area contributed by atoms with Gasteiger partial charge in [-0.1, -0.05) is 18.2 Å². The van der Waals surface area contributed by atoms with Gasteiger partial charge in [-0.2, -0.15) is 5.26 Å². The Bertz CT molecular complexity index is 1960. The van der Waals surface area contributed by atoms with Crippen molar-refractivity contribution in [2.24, 2.45) is 5.73 Å². The molecule has 0 aliphatic carbocycles. The Labute approximate surface area is 230 Å². The molecule has 1 amide bonds. The molecule has 2 heterocycles. The van der Waals surface area contributed by atoms with E-state index in [1.807, 2.05) is 45.0 Å². The Kier molecular flexibility index (Phi) is 7.48. The number of nitriles is 1. The quantitative estimate of drug-likeness (QED) is 0.384. The van der Waals surface area contributed by atoms with Crippen molar-refractivity contribution < 1.29 is 13.2 Å². The van der Waals surface area contributed by atoms with Crippen molar-refractivity contribution in [2.45, 2.75) is 25.7 Å². The number of nitrogens with zero attached hydrogens (tertiary/aromatic N) is 4. The van der Waals surface area contributed by atoms with Crippen molar-refractivity contribution in [2.75, 3.05) is 14.1 Å². The van der Waals surface area contributed by atoms with E-state index in [0.717, 1.165) is 48.4 Å². The van der Waals surface area contributed by atoms with E-state index < -0.39 is 27.1 Å². The van der Waals surface area contributed by atoms with Gasteiger partial charge in [-0.3, -0.25) is 14.2 Å². The van der Waals surface area contributed by atoms with Crippen molar-refractivity contribution in [1.82, 2.24) is 13.4 Å². The van der Waals surface area contributed by atoms with Crippen molar-refractivity contribution in [3.05, 3.63) is 96.7 Å². The predicted octanol–water partition coefficient (Wildman–Crippen LogP) is 1.85. The van der Waals surface area contributed by atoms with Gasteiger partial charge in [0.25, 0.3) is 11.5 Å². The fourth-order valence-corrected chi connectivity index (χ4v) is 6.37. The zero-order valence-corrected chi connectivity index (χ0v) is 23.7. The van der Waals surface area contributed by atoms with Gasteiger partial charge in [0.05, 0.1) is 15.1 Å². The third kappa shape index (κ3) is 5.09. The molecule has 0 atom stereocenters. The van der Waals surface area contributed by atoms with Crippen LogP contribution in [0.3, 0.4) is 0 Å². The second-order valence-corrected chi connectivity index (χ2v) is 12.4. The van der Waals surface area contributed by atoms with E-state index in [2.05, 4.69) is 10.6 Å². The van der Waals surface area contributed by atoms with Crippen molar-refractivity contribution in [3.63, 3.8) is 0 Å². The number of primary amides is 1. The highest BCUT2D eigenvalue weighted by Gasteiger charge is 2.20. The molecule has 4 rings (SSSR count). The molecule has 11 heteroatoms. The second kappa shape index (κ2) is 10.5. The first kappa shape index (κ1) is 27.8. The summed E-state index contributed by atoms with van der Waals surface area (Å²) in [6.07, 6.45) is 1.71. The number of amides is 1. The molecule has 2 aromatic carbocycles. The van der Waals surface area contributed by atoms with Crippen LogP contribution in [0.25, 0.3) is 23.0 Å². The fraction of sp³-hybridized carbons (Fsp3) is 0.179. The molecule has 0 bridgehead atoms. The lowest BCUT2D eigenvalue weighted by atomic mass is 10.2. The van der Waals surface area contributed by atoms with Gasteiger partial charge in [0, 0.05) is 31.2 Å². The highest BCUT2D eigenvalue weighted by molar-refractivity contribution is 7.89. The summed E-state index contributed by atoms with van der Waals surface area (Å²) in [5.41, 5.74) is 9.50. The summed E-state index contributed by atoms with van der Waals surface area (Å²) < 4.78 is 30.1. The first-order valence-corrected chi connectivity index (χ1v) is 14.1. The molecule has 0 saturated heterocycles. The molecular formula is C28H27N5O4S2. The zero-order chi connectivity index (χ0) is 28.6. The lowest BCUT2D eigenvalue weighted by molar-refractivity contribution is -0.112. The molecule has 0 saturated carbocycles. The van der Waals surface area contributed by atoms with E-state index in [1.54, 1.807) is 12.1 Å². The summed E-state index contributed by atoms with van der Waals surface area (Å²) in [6.45, 7) is 5.93. The number of aryl methyl sites for hydroxylation is 2. The number of aromatic nitrogens is 2. The number of thiazole rings is 1. The summed E-state index contributed by atoms with van der Waals surface area (Å²) in [5, 5.41) is 9.69.